The third kappa shape index (κ3) is 2.92. The number of benzene rings is 1. The molecule has 2 atom stereocenters. The zero-order valence-corrected chi connectivity index (χ0v) is 12.5. The maximum Gasteiger partial charge on any atom is 0.282 e. The molecule has 0 aromatic heterocycles. The van der Waals surface area contributed by atoms with Crippen molar-refractivity contribution in [2.75, 3.05) is 18.0 Å². The largest absolute Gasteiger partial charge is 0.368 e. The molecule has 1 N–H and O–H groups in total. The van der Waals surface area contributed by atoms with Gasteiger partial charge in [-0.3, -0.25) is 10.1 Å². The molecule has 18 heavy (non-hydrogen) atoms. The number of rotatable bonds is 2. The fourth-order valence-electron chi connectivity index (χ4n) is 2.38. The molecule has 2 unspecified atom stereocenters. The Kier molecular flexibility index (Phi) is 4.06. The highest BCUT2D eigenvalue weighted by Gasteiger charge is 2.22. The molecule has 1 aliphatic heterocycles. The number of nitro groups is 1. The van der Waals surface area contributed by atoms with Crippen LogP contribution in [-0.2, 0) is 0 Å². The monoisotopic (exact) mass is 361 g/mol. The van der Waals surface area contributed by atoms with Crippen LogP contribution in [0.4, 0.5) is 11.4 Å². The summed E-state index contributed by atoms with van der Waals surface area (Å²) in [5, 5.41) is 14.3. The van der Waals surface area contributed by atoms with Gasteiger partial charge in [0.1, 0.15) is 0 Å². The summed E-state index contributed by atoms with van der Waals surface area (Å²) in [5.74, 6) is 0. The first-order valence-electron chi connectivity index (χ1n) is 5.92. The van der Waals surface area contributed by atoms with Crippen LogP contribution in [0.3, 0.4) is 0 Å². The van der Waals surface area contributed by atoms with Crippen molar-refractivity contribution in [3.8, 4) is 0 Å². The zero-order valence-electron chi connectivity index (χ0n) is 10.4. The molecular formula is C12H16IN3O2. The predicted octanol–water partition coefficient (Wildman–Crippen LogP) is 2.39. The lowest BCUT2D eigenvalue weighted by atomic mass is 10.1. The summed E-state index contributed by atoms with van der Waals surface area (Å²) in [4.78, 5) is 12.7. The van der Waals surface area contributed by atoms with Gasteiger partial charge in [-0.2, -0.15) is 0 Å². The van der Waals surface area contributed by atoms with Gasteiger partial charge in [0.2, 0.25) is 0 Å². The fourth-order valence-corrected chi connectivity index (χ4v) is 3.07. The van der Waals surface area contributed by atoms with Crippen molar-refractivity contribution < 1.29 is 4.92 Å². The average molecular weight is 361 g/mol. The van der Waals surface area contributed by atoms with Crippen LogP contribution in [0.2, 0.25) is 0 Å². The van der Waals surface area contributed by atoms with E-state index in [0.717, 1.165) is 18.8 Å². The van der Waals surface area contributed by atoms with E-state index in [1.54, 1.807) is 6.07 Å². The number of hydrogen-bond donors (Lipinski definition) is 1. The molecule has 0 saturated carbocycles. The number of nitrogens with one attached hydrogen (secondary N) is 1. The van der Waals surface area contributed by atoms with Crippen molar-refractivity contribution in [3.63, 3.8) is 0 Å². The first-order chi connectivity index (χ1) is 8.47. The Morgan fingerprint density at radius 1 is 1.39 bits per heavy atom. The molecule has 0 radical (unpaired) electrons. The Morgan fingerprint density at radius 2 is 2.00 bits per heavy atom. The molecule has 1 saturated heterocycles. The highest BCUT2D eigenvalue weighted by Crippen LogP contribution is 2.27. The Balaban J connectivity index is 2.23. The number of nitrogens with zero attached hydrogens (tertiary/aromatic N) is 2. The quantitative estimate of drug-likeness (QED) is 0.499. The Bertz CT molecular complexity index is 457. The van der Waals surface area contributed by atoms with E-state index >= 15 is 0 Å². The Morgan fingerprint density at radius 3 is 2.50 bits per heavy atom. The van der Waals surface area contributed by atoms with Crippen molar-refractivity contribution in [1.82, 2.24) is 5.32 Å². The average Bonchev–Trinajstić information content (AvgIpc) is 2.26. The van der Waals surface area contributed by atoms with Crippen LogP contribution in [0.15, 0.2) is 18.2 Å². The second-order valence-electron chi connectivity index (χ2n) is 4.77. The molecule has 0 amide bonds. The van der Waals surface area contributed by atoms with Crippen LogP contribution in [0.5, 0.6) is 0 Å². The molecule has 98 valence electrons. The fraction of sp³-hybridized carbons (Fsp3) is 0.500. The van der Waals surface area contributed by atoms with Gasteiger partial charge >= 0.3 is 0 Å². The van der Waals surface area contributed by atoms with Gasteiger partial charge in [0.05, 0.1) is 8.49 Å². The van der Waals surface area contributed by atoms with Crippen LogP contribution < -0.4 is 10.2 Å². The molecule has 1 heterocycles. The molecule has 0 aliphatic carbocycles. The Labute approximate surface area is 120 Å². The van der Waals surface area contributed by atoms with E-state index in [9.17, 15) is 10.1 Å². The summed E-state index contributed by atoms with van der Waals surface area (Å²) >= 11 is 2.02. The normalized spacial score (nSPS) is 24.1. The van der Waals surface area contributed by atoms with E-state index in [4.69, 9.17) is 0 Å². The maximum atomic E-state index is 10.8. The lowest BCUT2D eigenvalue weighted by molar-refractivity contribution is -0.385. The van der Waals surface area contributed by atoms with Crippen LogP contribution in [0, 0.1) is 13.7 Å². The van der Waals surface area contributed by atoms with Crippen molar-refractivity contribution in [2.24, 2.45) is 0 Å². The first kappa shape index (κ1) is 13.5. The molecular weight excluding hydrogens is 345 g/mol. The summed E-state index contributed by atoms with van der Waals surface area (Å²) in [5.41, 5.74) is 1.24. The van der Waals surface area contributed by atoms with E-state index in [1.807, 2.05) is 34.7 Å². The maximum absolute atomic E-state index is 10.8. The number of anilines is 1. The topological polar surface area (TPSA) is 58.4 Å². The molecule has 0 spiro atoms. The molecule has 5 nitrogen and oxygen atoms in total. The minimum absolute atomic E-state index is 0.176. The van der Waals surface area contributed by atoms with Crippen LogP contribution in [-0.4, -0.2) is 30.1 Å². The van der Waals surface area contributed by atoms with Crippen LogP contribution in [0.25, 0.3) is 0 Å². The van der Waals surface area contributed by atoms with E-state index < -0.39 is 0 Å². The summed E-state index contributed by atoms with van der Waals surface area (Å²) in [7, 11) is 0. The SMILES string of the molecule is CC1CN(c2ccc([N+](=O)[O-])c(I)c2)CC(C)N1. The number of hydrogen-bond acceptors (Lipinski definition) is 4. The lowest BCUT2D eigenvalue weighted by Gasteiger charge is -2.37. The van der Waals surface area contributed by atoms with Gasteiger partial charge in [-0.15, -0.1) is 0 Å². The number of piperazine rings is 1. The summed E-state index contributed by atoms with van der Waals surface area (Å²) in [6.45, 7) is 6.16. The minimum atomic E-state index is -0.339. The molecule has 1 fully saturated rings. The summed E-state index contributed by atoms with van der Waals surface area (Å²) in [6.07, 6.45) is 0. The van der Waals surface area contributed by atoms with Gasteiger partial charge in [-0.05, 0) is 48.6 Å². The second-order valence-corrected chi connectivity index (χ2v) is 5.93. The third-order valence-corrected chi connectivity index (χ3v) is 3.91. The van der Waals surface area contributed by atoms with Crippen LogP contribution >= 0.6 is 22.6 Å². The van der Waals surface area contributed by atoms with Gasteiger partial charge in [-0.25, -0.2) is 0 Å². The molecule has 2 rings (SSSR count). The van der Waals surface area contributed by atoms with Gasteiger partial charge in [0.25, 0.3) is 5.69 Å². The molecule has 1 aromatic rings. The van der Waals surface area contributed by atoms with Gasteiger partial charge < -0.3 is 10.2 Å². The first-order valence-corrected chi connectivity index (χ1v) is 7.00. The molecule has 1 aliphatic rings. The van der Waals surface area contributed by atoms with E-state index in [1.165, 1.54) is 0 Å². The van der Waals surface area contributed by atoms with Crippen molar-refractivity contribution >= 4 is 34.0 Å². The van der Waals surface area contributed by atoms with Gasteiger partial charge in [-0.1, -0.05) is 0 Å². The molecule has 1 aromatic carbocycles. The van der Waals surface area contributed by atoms with Gasteiger partial charge in [0, 0.05) is 36.9 Å². The van der Waals surface area contributed by atoms with Crippen LogP contribution in [0.1, 0.15) is 13.8 Å². The third-order valence-electron chi connectivity index (χ3n) is 3.05. The van der Waals surface area contributed by atoms with E-state index in [2.05, 4.69) is 24.1 Å². The molecule has 0 bridgehead atoms. The van der Waals surface area contributed by atoms with Crippen molar-refractivity contribution in [3.05, 3.63) is 31.9 Å². The molecule has 6 heteroatoms. The zero-order chi connectivity index (χ0) is 13.3. The standard InChI is InChI=1S/C12H16IN3O2/c1-8-6-15(7-9(2)14-8)10-3-4-12(16(17)18)11(13)5-10/h3-5,8-9,14H,6-7H2,1-2H3. The lowest BCUT2D eigenvalue weighted by Crippen LogP contribution is -2.54. The van der Waals surface area contributed by atoms with Crippen molar-refractivity contribution in [1.29, 1.82) is 0 Å². The van der Waals surface area contributed by atoms with E-state index in [-0.39, 0.29) is 10.6 Å². The number of nitro benzene ring substituents is 1. The van der Waals surface area contributed by atoms with E-state index in [0.29, 0.717) is 15.7 Å². The second kappa shape index (κ2) is 5.40. The highest BCUT2D eigenvalue weighted by molar-refractivity contribution is 14.1. The summed E-state index contributed by atoms with van der Waals surface area (Å²) < 4.78 is 0.689. The predicted molar refractivity (Wildman–Crippen MR) is 80.1 cm³/mol. The Hall–Kier alpha value is -0.890. The minimum Gasteiger partial charge on any atom is -0.368 e. The summed E-state index contributed by atoms with van der Waals surface area (Å²) in [6, 6.07) is 6.19. The van der Waals surface area contributed by atoms with Gasteiger partial charge in [0.15, 0.2) is 0 Å². The number of halogens is 1. The van der Waals surface area contributed by atoms with Crippen molar-refractivity contribution in [2.45, 2.75) is 25.9 Å². The highest BCUT2D eigenvalue weighted by atomic mass is 127. The smallest absolute Gasteiger partial charge is 0.282 e.